The molecule has 0 radical (unpaired) electrons. The minimum atomic E-state index is -0.263. The van der Waals surface area contributed by atoms with Gasteiger partial charge < -0.3 is 0 Å². The molecular weight excluding hydrogens is 244 g/mol. The summed E-state index contributed by atoms with van der Waals surface area (Å²) in [6.45, 7) is 0. The molecule has 0 spiro atoms. The van der Waals surface area contributed by atoms with Crippen molar-refractivity contribution < 1.29 is 0 Å². The van der Waals surface area contributed by atoms with Crippen molar-refractivity contribution >= 4 is 11.8 Å². The molecule has 0 aliphatic heterocycles. The highest BCUT2D eigenvalue weighted by atomic mass is 32.2. The molecule has 2 aliphatic rings. The zero-order valence-corrected chi connectivity index (χ0v) is 11.4. The second kappa shape index (κ2) is 4.60. The topological polar surface area (TPSA) is 53.6 Å². The number of thioether (sulfide) groups is 1. The van der Waals surface area contributed by atoms with Crippen molar-refractivity contribution in [3.63, 3.8) is 0 Å². The molecule has 18 heavy (non-hydrogen) atoms. The molecule has 2 saturated carbocycles. The van der Waals surface area contributed by atoms with E-state index in [1.165, 1.54) is 17.7 Å². The molecule has 1 aromatic rings. The smallest absolute Gasteiger partial charge is 0.108 e. The Kier molecular flexibility index (Phi) is 3.08. The van der Waals surface area contributed by atoms with Gasteiger partial charge >= 0.3 is 0 Å². The van der Waals surface area contributed by atoms with Crippen molar-refractivity contribution in [3.8, 4) is 6.07 Å². The fourth-order valence-electron chi connectivity index (χ4n) is 2.64. The normalized spacial score (nSPS) is 31.4. The largest absolute Gasteiger partial charge is 0.297 e. The van der Waals surface area contributed by atoms with Gasteiger partial charge in [-0.1, -0.05) is 0 Å². The molecule has 4 nitrogen and oxygen atoms in total. The molecule has 3 rings (SSSR count). The van der Waals surface area contributed by atoms with Crippen LogP contribution in [0.25, 0.3) is 0 Å². The van der Waals surface area contributed by atoms with Crippen LogP contribution < -0.4 is 5.32 Å². The highest BCUT2D eigenvalue weighted by Gasteiger charge is 2.43. The zero-order valence-electron chi connectivity index (χ0n) is 10.6. The van der Waals surface area contributed by atoms with Gasteiger partial charge in [-0.15, -0.1) is 11.8 Å². The monoisotopic (exact) mass is 262 g/mol. The van der Waals surface area contributed by atoms with E-state index in [1.54, 1.807) is 0 Å². The summed E-state index contributed by atoms with van der Waals surface area (Å²) in [7, 11) is 1.94. The molecule has 0 aromatic carbocycles. The van der Waals surface area contributed by atoms with Crippen LogP contribution in [0.15, 0.2) is 17.3 Å². The van der Waals surface area contributed by atoms with E-state index in [9.17, 15) is 5.26 Å². The number of hydrogen-bond donors (Lipinski definition) is 1. The molecule has 0 saturated heterocycles. The second-order valence-corrected chi connectivity index (χ2v) is 6.82. The van der Waals surface area contributed by atoms with Crippen LogP contribution in [-0.2, 0) is 7.05 Å². The van der Waals surface area contributed by atoms with E-state index < -0.39 is 0 Å². The first kappa shape index (κ1) is 12.1. The molecular formula is C13H18N4S. The number of aromatic nitrogens is 2. The van der Waals surface area contributed by atoms with Gasteiger partial charge in [-0.25, -0.2) is 0 Å². The van der Waals surface area contributed by atoms with Gasteiger partial charge in [-0.3, -0.25) is 10.00 Å². The van der Waals surface area contributed by atoms with Gasteiger partial charge in [0.25, 0.3) is 0 Å². The Labute approximate surface area is 112 Å². The molecule has 2 fully saturated rings. The van der Waals surface area contributed by atoms with Crippen LogP contribution in [0.3, 0.4) is 0 Å². The van der Waals surface area contributed by atoms with Gasteiger partial charge in [0.05, 0.1) is 12.3 Å². The van der Waals surface area contributed by atoms with Crippen molar-refractivity contribution in [3.05, 3.63) is 12.4 Å². The first-order valence-electron chi connectivity index (χ1n) is 6.53. The minimum absolute atomic E-state index is 0.263. The summed E-state index contributed by atoms with van der Waals surface area (Å²) in [5, 5.41) is 17.7. The molecule has 96 valence electrons. The van der Waals surface area contributed by atoms with Crippen LogP contribution in [-0.4, -0.2) is 26.6 Å². The van der Waals surface area contributed by atoms with E-state index >= 15 is 0 Å². The molecule has 2 atom stereocenters. The number of nitrogens with one attached hydrogen (secondary N) is 1. The number of nitriles is 1. The molecule has 1 aromatic heterocycles. The number of nitrogens with zero attached hydrogens (tertiary/aromatic N) is 3. The molecule has 5 heteroatoms. The summed E-state index contributed by atoms with van der Waals surface area (Å²) in [4.78, 5) is 1.21. The lowest BCUT2D eigenvalue weighted by Gasteiger charge is -2.22. The summed E-state index contributed by atoms with van der Waals surface area (Å²) in [6, 6.07) is 3.13. The molecule has 1 N–H and O–H groups in total. The number of rotatable bonds is 4. The van der Waals surface area contributed by atoms with E-state index in [0.29, 0.717) is 11.3 Å². The zero-order chi connectivity index (χ0) is 12.6. The van der Waals surface area contributed by atoms with E-state index in [4.69, 9.17) is 0 Å². The minimum Gasteiger partial charge on any atom is -0.297 e. The predicted molar refractivity (Wildman–Crippen MR) is 71.2 cm³/mol. The fraction of sp³-hybridized carbons (Fsp3) is 0.692. The van der Waals surface area contributed by atoms with Crippen LogP contribution in [0, 0.1) is 11.3 Å². The van der Waals surface area contributed by atoms with Crippen molar-refractivity contribution in [2.24, 2.45) is 7.05 Å². The standard InChI is InChI=1S/C13H18N4S/c1-17-8-12(7-15-17)18-11-4-5-13(6-11,9-14)16-10-2-3-10/h7-8,10-11,16H,2-6H2,1H3. The Bertz CT molecular complexity index is 474. The lowest BCUT2D eigenvalue weighted by atomic mass is 10.00. The first-order valence-corrected chi connectivity index (χ1v) is 7.41. The summed E-state index contributed by atoms with van der Waals surface area (Å²) in [5.41, 5.74) is -0.263. The maximum Gasteiger partial charge on any atom is 0.108 e. The lowest BCUT2D eigenvalue weighted by molar-refractivity contribution is 0.420. The van der Waals surface area contributed by atoms with E-state index in [2.05, 4.69) is 16.5 Å². The first-order chi connectivity index (χ1) is 8.69. The third kappa shape index (κ3) is 2.55. The van der Waals surface area contributed by atoms with Gasteiger partial charge in [-0.2, -0.15) is 10.4 Å². The molecule has 0 bridgehead atoms. The van der Waals surface area contributed by atoms with E-state index in [1.807, 2.05) is 35.9 Å². The number of aryl methyl sites for hydroxylation is 1. The van der Waals surface area contributed by atoms with Gasteiger partial charge in [-0.05, 0) is 32.1 Å². The third-order valence-electron chi connectivity index (χ3n) is 3.72. The van der Waals surface area contributed by atoms with Crippen molar-refractivity contribution in [1.82, 2.24) is 15.1 Å². The van der Waals surface area contributed by atoms with Crippen molar-refractivity contribution in [2.75, 3.05) is 0 Å². The van der Waals surface area contributed by atoms with Crippen LogP contribution >= 0.6 is 11.8 Å². The summed E-state index contributed by atoms with van der Waals surface area (Å²) >= 11 is 1.86. The Hall–Kier alpha value is -0.990. The Morgan fingerprint density at radius 2 is 2.39 bits per heavy atom. The molecule has 1 heterocycles. The Morgan fingerprint density at radius 3 is 3.00 bits per heavy atom. The Balaban J connectivity index is 1.61. The second-order valence-electron chi connectivity index (χ2n) is 5.44. The van der Waals surface area contributed by atoms with Crippen LogP contribution in [0.5, 0.6) is 0 Å². The van der Waals surface area contributed by atoms with Crippen LogP contribution in [0.4, 0.5) is 0 Å². The summed E-state index contributed by atoms with van der Waals surface area (Å²) in [6.07, 6.45) is 9.49. The van der Waals surface area contributed by atoms with Crippen molar-refractivity contribution in [1.29, 1.82) is 5.26 Å². The predicted octanol–water partition coefficient (Wildman–Crippen LogP) is 2.08. The van der Waals surface area contributed by atoms with Gasteiger partial charge in [0.15, 0.2) is 0 Å². The highest BCUT2D eigenvalue weighted by Crippen LogP contribution is 2.41. The SMILES string of the molecule is Cn1cc(SC2CCC(C#N)(NC3CC3)C2)cn1. The van der Waals surface area contributed by atoms with Crippen LogP contribution in [0.1, 0.15) is 32.1 Å². The maximum absolute atomic E-state index is 9.44. The van der Waals surface area contributed by atoms with Gasteiger partial charge in [0.1, 0.15) is 5.54 Å². The summed E-state index contributed by atoms with van der Waals surface area (Å²) in [5.74, 6) is 0. The average Bonchev–Trinajstić information content (AvgIpc) is 2.93. The third-order valence-corrected chi connectivity index (χ3v) is 4.94. The molecule has 0 amide bonds. The number of hydrogen-bond acceptors (Lipinski definition) is 4. The molecule has 2 unspecified atom stereocenters. The van der Waals surface area contributed by atoms with Gasteiger partial charge in [0, 0.05) is 29.4 Å². The molecule has 2 aliphatic carbocycles. The van der Waals surface area contributed by atoms with Gasteiger partial charge in [0.2, 0.25) is 0 Å². The Morgan fingerprint density at radius 1 is 1.56 bits per heavy atom. The van der Waals surface area contributed by atoms with Crippen molar-refractivity contribution in [2.45, 2.75) is 53.8 Å². The fourth-order valence-corrected chi connectivity index (χ4v) is 3.95. The van der Waals surface area contributed by atoms with E-state index in [-0.39, 0.29) is 5.54 Å². The van der Waals surface area contributed by atoms with E-state index in [0.717, 1.165) is 19.3 Å². The lowest BCUT2D eigenvalue weighted by Crippen LogP contribution is -2.43. The average molecular weight is 262 g/mol. The maximum atomic E-state index is 9.44. The summed E-state index contributed by atoms with van der Waals surface area (Å²) < 4.78 is 1.83. The highest BCUT2D eigenvalue weighted by molar-refractivity contribution is 8.00. The van der Waals surface area contributed by atoms with Crippen LogP contribution in [0.2, 0.25) is 0 Å². The quantitative estimate of drug-likeness (QED) is 0.902.